The number of hydrogen-bond acceptors (Lipinski definition) is 5. The maximum absolute atomic E-state index is 12.1. The first-order valence-electron chi connectivity index (χ1n) is 6.14. The number of carbonyl (C=O) groups excluding carboxylic acids is 1. The van der Waals surface area contributed by atoms with Crippen LogP contribution in [0.15, 0.2) is 12.1 Å². The van der Waals surface area contributed by atoms with E-state index in [-0.39, 0.29) is 17.9 Å². The van der Waals surface area contributed by atoms with Crippen molar-refractivity contribution < 1.29 is 19.0 Å². The van der Waals surface area contributed by atoms with E-state index in [2.05, 4.69) is 10.6 Å². The molecule has 102 valence electrons. The lowest BCUT2D eigenvalue weighted by molar-refractivity contribution is -0.119. The van der Waals surface area contributed by atoms with Gasteiger partial charge in [-0.2, -0.15) is 0 Å². The summed E-state index contributed by atoms with van der Waals surface area (Å²) < 4.78 is 15.9. The van der Waals surface area contributed by atoms with E-state index in [4.69, 9.17) is 14.2 Å². The van der Waals surface area contributed by atoms with Gasteiger partial charge in [0, 0.05) is 12.1 Å². The molecule has 2 unspecified atom stereocenters. The van der Waals surface area contributed by atoms with Gasteiger partial charge in [0.05, 0.1) is 50.8 Å². The SMILES string of the molecule is COc1cc2c(cc1OC)NC1COCC1C(=O)N2. The Bertz CT molecular complexity index is 518. The molecule has 2 atom stereocenters. The van der Waals surface area contributed by atoms with Gasteiger partial charge in [-0.25, -0.2) is 0 Å². The maximum atomic E-state index is 12.1. The van der Waals surface area contributed by atoms with E-state index >= 15 is 0 Å². The van der Waals surface area contributed by atoms with Crippen LogP contribution < -0.4 is 20.1 Å². The number of amides is 1. The van der Waals surface area contributed by atoms with Gasteiger partial charge in [-0.15, -0.1) is 0 Å². The molecule has 0 aromatic heterocycles. The van der Waals surface area contributed by atoms with Gasteiger partial charge < -0.3 is 24.8 Å². The number of fused-ring (bicyclic) bond motifs is 2. The summed E-state index contributed by atoms with van der Waals surface area (Å²) in [7, 11) is 3.15. The molecule has 2 aliphatic rings. The third kappa shape index (κ3) is 1.98. The molecule has 3 rings (SSSR count). The smallest absolute Gasteiger partial charge is 0.232 e. The molecule has 0 bridgehead atoms. The fraction of sp³-hybridized carbons (Fsp3) is 0.462. The predicted octanol–water partition coefficient (Wildman–Crippen LogP) is 1.08. The van der Waals surface area contributed by atoms with Crippen molar-refractivity contribution in [1.29, 1.82) is 0 Å². The van der Waals surface area contributed by atoms with Crippen molar-refractivity contribution in [3.8, 4) is 11.5 Å². The normalized spacial score (nSPS) is 24.6. The van der Waals surface area contributed by atoms with Crippen molar-refractivity contribution in [2.45, 2.75) is 6.04 Å². The molecule has 6 nitrogen and oxygen atoms in total. The molecule has 0 saturated carbocycles. The molecular weight excluding hydrogens is 248 g/mol. The highest BCUT2D eigenvalue weighted by molar-refractivity contribution is 5.99. The highest BCUT2D eigenvalue weighted by atomic mass is 16.5. The van der Waals surface area contributed by atoms with Crippen LogP contribution in [0.4, 0.5) is 11.4 Å². The third-order valence-corrected chi connectivity index (χ3v) is 3.54. The van der Waals surface area contributed by atoms with Crippen LogP contribution in [0.1, 0.15) is 0 Å². The average molecular weight is 264 g/mol. The summed E-state index contributed by atoms with van der Waals surface area (Å²) in [4.78, 5) is 12.1. The number of ether oxygens (including phenoxy) is 3. The Morgan fingerprint density at radius 3 is 2.53 bits per heavy atom. The van der Waals surface area contributed by atoms with Gasteiger partial charge in [-0.1, -0.05) is 0 Å². The number of rotatable bonds is 2. The van der Waals surface area contributed by atoms with Crippen LogP contribution >= 0.6 is 0 Å². The summed E-state index contributed by atoms with van der Waals surface area (Å²) in [6.45, 7) is 0.984. The standard InChI is InChI=1S/C13H16N2O4/c1-17-11-3-8-9(4-12(11)18-2)15-13(16)7-5-19-6-10(7)14-8/h3-4,7,10,14H,5-6H2,1-2H3,(H,15,16). The van der Waals surface area contributed by atoms with Crippen molar-refractivity contribution >= 4 is 17.3 Å². The Morgan fingerprint density at radius 2 is 1.84 bits per heavy atom. The van der Waals surface area contributed by atoms with Gasteiger partial charge in [-0.05, 0) is 0 Å². The Labute approximate surface area is 111 Å². The van der Waals surface area contributed by atoms with E-state index in [0.29, 0.717) is 30.4 Å². The average Bonchev–Trinajstić information content (AvgIpc) is 2.83. The molecule has 2 N–H and O–H groups in total. The van der Waals surface area contributed by atoms with Crippen molar-refractivity contribution in [2.75, 3.05) is 38.1 Å². The van der Waals surface area contributed by atoms with Gasteiger partial charge in [0.1, 0.15) is 0 Å². The minimum Gasteiger partial charge on any atom is -0.493 e. The van der Waals surface area contributed by atoms with Crippen LogP contribution in [0.2, 0.25) is 0 Å². The fourth-order valence-corrected chi connectivity index (χ4v) is 2.48. The van der Waals surface area contributed by atoms with Crippen LogP contribution in [0, 0.1) is 5.92 Å². The molecule has 1 saturated heterocycles. The lowest BCUT2D eigenvalue weighted by atomic mass is 10.0. The maximum Gasteiger partial charge on any atom is 0.232 e. The van der Waals surface area contributed by atoms with E-state index in [1.807, 2.05) is 6.07 Å². The van der Waals surface area contributed by atoms with Crippen molar-refractivity contribution in [3.05, 3.63) is 12.1 Å². The first kappa shape index (κ1) is 12.1. The van der Waals surface area contributed by atoms with Crippen LogP contribution in [-0.2, 0) is 9.53 Å². The number of nitrogens with one attached hydrogen (secondary N) is 2. The zero-order valence-electron chi connectivity index (χ0n) is 10.9. The van der Waals surface area contributed by atoms with Crippen LogP contribution in [0.5, 0.6) is 11.5 Å². The summed E-state index contributed by atoms with van der Waals surface area (Å²) in [5.74, 6) is 1.03. The van der Waals surface area contributed by atoms with E-state index in [0.717, 1.165) is 5.69 Å². The summed E-state index contributed by atoms with van der Waals surface area (Å²) in [6.07, 6.45) is 0. The minimum atomic E-state index is -0.163. The minimum absolute atomic E-state index is 0.000601. The Kier molecular flexibility index (Phi) is 2.94. The highest BCUT2D eigenvalue weighted by Gasteiger charge is 2.37. The quantitative estimate of drug-likeness (QED) is 0.836. The molecule has 6 heteroatoms. The van der Waals surface area contributed by atoms with E-state index in [1.165, 1.54) is 0 Å². The Morgan fingerprint density at radius 1 is 1.16 bits per heavy atom. The fourth-order valence-electron chi connectivity index (χ4n) is 2.48. The van der Waals surface area contributed by atoms with E-state index < -0.39 is 0 Å². The topological polar surface area (TPSA) is 68.8 Å². The first-order valence-corrected chi connectivity index (χ1v) is 6.14. The first-order chi connectivity index (χ1) is 9.22. The van der Waals surface area contributed by atoms with Gasteiger partial charge in [-0.3, -0.25) is 4.79 Å². The number of hydrogen-bond donors (Lipinski definition) is 2. The second-order valence-corrected chi connectivity index (χ2v) is 4.64. The Balaban J connectivity index is 2.02. The van der Waals surface area contributed by atoms with E-state index in [1.54, 1.807) is 20.3 Å². The highest BCUT2D eigenvalue weighted by Crippen LogP contribution is 2.39. The molecule has 2 aliphatic heterocycles. The lowest BCUT2D eigenvalue weighted by Gasteiger charge is -2.16. The van der Waals surface area contributed by atoms with Crippen LogP contribution in [0.3, 0.4) is 0 Å². The lowest BCUT2D eigenvalue weighted by Crippen LogP contribution is -2.33. The van der Waals surface area contributed by atoms with Crippen molar-refractivity contribution in [3.63, 3.8) is 0 Å². The molecule has 19 heavy (non-hydrogen) atoms. The number of carbonyl (C=O) groups is 1. The van der Waals surface area contributed by atoms with Crippen molar-refractivity contribution in [2.24, 2.45) is 5.92 Å². The van der Waals surface area contributed by atoms with E-state index in [9.17, 15) is 4.79 Å². The second kappa shape index (κ2) is 4.62. The molecule has 2 heterocycles. The molecule has 1 aromatic carbocycles. The predicted molar refractivity (Wildman–Crippen MR) is 69.9 cm³/mol. The summed E-state index contributed by atoms with van der Waals surface area (Å²) in [6, 6.07) is 3.59. The monoisotopic (exact) mass is 264 g/mol. The number of anilines is 2. The van der Waals surface area contributed by atoms with Gasteiger partial charge in [0.15, 0.2) is 11.5 Å². The van der Waals surface area contributed by atoms with Gasteiger partial charge in [0.2, 0.25) is 5.91 Å². The molecule has 0 aliphatic carbocycles. The van der Waals surface area contributed by atoms with Crippen LogP contribution in [0.25, 0.3) is 0 Å². The van der Waals surface area contributed by atoms with Crippen LogP contribution in [-0.4, -0.2) is 39.4 Å². The Hall–Kier alpha value is -1.95. The zero-order chi connectivity index (χ0) is 13.4. The third-order valence-electron chi connectivity index (χ3n) is 3.54. The molecule has 0 spiro atoms. The summed E-state index contributed by atoms with van der Waals surface area (Å²) in [5, 5.41) is 6.24. The van der Waals surface area contributed by atoms with Gasteiger partial charge >= 0.3 is 0 Å². The summed E-state index contributed by atoms with van der Waals surface area (Å²) in [5.41, 5.74) is 1.53. The number of methoxy groups -OCH3 is 2. The van der Waals surface area contributed by atoms with Gasteiger partial charge in [0.25, 0.3) is 0 Å². The number of benzene rings is 1. The zero-order valence-corrected chi connectivity index (χ0v) is 10.9. The molecule has 0 radical (unpaired) electrons. The molecular formula is C13H16N2O4. The van der Waals surface area contributed by atoms with Crippen molar-refractivity contribution in [1.82, 2.24) is 0 Å². The summed E-state index contributed by atoms with van der Waals surface area (Å²) >= 11 is 0. The largest absolute Gasteiger partial charge is 0.493 e. The molecule has 1 amide bonds. The molecule has 1 aromatic rings. The molecule has 1 fully saturated rings. The second-order valence-electron chi connectivity index (χ2n) is 4.64.